The Balaban J connectivity index is 2.48. The predicted molar refractivity (Wildman–Crippen MR) is 66.2 cm³/mol. The Labute approximate surface area is 101 Å². The first-order valence-electron chi connectivity index (χ1n) is 5.49. The Hall–Kier alpha value is 0.140. The van der Waals surface area contributed by atoms with Gasteiger partial charge in [-0.05, 0) is 25.7 Å². The summed E-state index contributed by atoms with van der Waals surface area (Å²) < 4.78 is 11.6. The molecule has 1 aliphatic carbocycles. The molecule has 1 rings (SSSR count). The van der Waals surface area contributed by atoms with E-state index in [0.29, 0.717) is 5.33 Å². The van der Waals surface area contributed by atoms with E-state index in [9.17, 15) is 0 Å². The molecule has 0 aromatic carbocycles. The molecule has 1 aliphatic rings. The molecule has 0 aromatic rings. The van der Waals surface area contributed by atoms with Crippen LogP contribution in [0.2, 0.25) is 0 Å². The average Bonchev–Trinajstić information content (AvgIpc) is 2.44. The molecule has 0 aromatic heterocycles. The van der Waals surface area contributed by atoms with Gasteiger partial charge in [-0.2, -0.15) is 0 Å². The van der Waals surface area contributed by atoms with Crippen LogP contribution in [0.15, 0.2) is 12.2 Å². The van der Waals surface area contributed by atoms with Gasteiger partial charge >= 0.3 is 0 Å². The first kappa shape index (κ1) is 13.2. The highest BCUT2D eigenvalue weighted by Gasteiger charge is 2.33. The third-order valence-corrected chi connectivity index (χ3v) is 3.10. The number of hydrogen-bond acceptors (Lipinski definition) is 2. The molecule has 2 atom stereocenters. The van der Waals surface area contributed by atoms with Crippen molar-refractivity contribution in [3.63, 3.8) is 0 Å². The molecule has 0 heterocycles. The molecule has 3 heteroatoms. The maximum absolute atomic E-state index is 5.93. The van der Waals surface area contributed by atoms with Crippen molar-refractivity contribution in [2.75, 3.05) is 5.33 Å². The second-order valence-electron chi connectivity index (χ2n) is 4.95. The summed E-state index contributed by atoms with van der Waals surface area (Å²) in [6.07, 6.45) is 5.61. The molecule has 0 N–H and O–H groups in total. The molecule has 0 bridgehead atoms. The number of alkyl halides is 1. The summed E-state index contributed by atoms with van der Waals surface area (Å²) in [6.45, 7) is 8.49. The van der Waals surface area contributed by atoms with Gasteiger partial charge in [0, 0.05) is 0 Å². The van der Waals surface area contributed by atoms with Crippen molar-refractivity contribution in [3.8, 4) is 0 Å². The molecular formula is C12H21BrO2. The molecular weight excluding hydrogens is 256 g/mol. The Bertz CT molecular complexity index is 224. The van der Waals surface area contributed by atoms with Crippen LogP contribution in [0, 0.1) is 5.41 Å². The summed E-state index contributed by atoms with van der Waals surface area (Å²) >= 11 is 3.42. The maximum atomic E-state index is 5.93. The second-order valence-corrected chi connectivity index (χ2v) is 5.59. The molecule has 15 heavy (non-hydrogen) atoms. The molecule has 0 fully saturated rings. The summed E-state index contributed by atoms with van der Waals surface area (Å²) in [5.41, 5.74) is 0.195. The van der Waals surface area contributed by atoms with Gasteiger partial charge in [-0.3, -0.25) is 0 Å². The summed E-state index contributed by atoms with van der Waals surface area (Å²) in [5.74, 6) is 0. The van der Waals surface area contributed by atoms with Gasteiger partial charge in [-0.1, -0.05) is 41.9 Å². The van der Waals surface area contributed by atoms with Gasteiger partial charge < -0.3 is 9.47 Å². The average molecular weight is 277 g/mol. The maximum Gasteiger partial charge on any atom is 0.168 e. The van der Waals surface area contributed by atoms with E-state index in [1.54, 1.807) is 0 Å². The van der Waals surface area contributed by atoms with Gasteiger partial charge in [0.1, 0.15) is 0 Å². The van der Waals surface area contributed by atoms with E-state index in [1.165, 1.54) is 0 Å². The SMILES string of the molecule is CC(C)OC(CBr)OC1C=CCC1(C)C. The Morgan fingerprint density at radius 1 is 1.47 bits per heavy atom. The highest BCUT2D eigenvalue weighted by atomic mass is 79.9. The summed E-state index contributed by atoms with van der Waals surface area (Å²) in [6, 6.07) is 0. The van der Waals surface area contributed by atoms with Crippen LogP contribution in [0.3, 0.4) is 0 Å². The van der Waals surface area contributed by atoms with E-state index in [0.717, 1.165) is 6.42 Å². The zero-order chi connectivity index (χ0) is 11.5. The van der Waals surface area contributed by atoms with Gasteiger partial charge in [0.25, 0.3) is 0 Å². The number of ether oxygens (including phenoxy) is 2. The van der Waals surface area contributed by atoms with Crippen LogP contribution in [0.5, 0.6) is 0 Å². The van der Waals surface area contributed by atoms with Gasteiger partial charge in [0.05, 0.1) is 17.5 Å². The van der Waals surface area contributed by atoms with E-state index < -0.39 is 0 Å². The van der Waals surface area contributed by atoms with E-state index in [-0.39, 0.29) is 23.9 Å². The number of rotatable bonds is 5. The van der Waals surface area contributed by atoms with Gasteiger partial charge in [-0.15, -0.1) is 0 Å². The lowest BCUT2D eigenvalue weighted by Crippen LogP contribution is -2.34. The van der Waals surface area contributed by atoms with Crippen LogP contribution in [0.4, 0.5) is 0 Å². The second kappa shape index (κ2) is 5.46. The minimum Gasteiger partial charge on any atom is -0.349 e. The van der Waals surface area contributed by atoms with Crippen molar-refractivity contribution < 1.29 is 9.47 Å². The molecule has 0 aliphatic heterocycles. The van der Waals surface area contributed by atoms with Gasteiger partial charge in [-0.25, -0.2) is 0 Å². The van der Waals surface area contributed by atoms with Crippen LogP contribution >= 0.6 is 15.9 Å². The molecule has 0 saturated heterocycles. The largest absolute Gasteiger partial charge is 0.349 e. The van der Waals surface area contributed by atoms with E-state index in [2.05, 4.69) is 41.9 Å². The lowest BCUT2D eigenvalue weighted by atomic mass is 9.88. The van der Waals surface area contributed by atoms with Crippen molar-refractivity contribution in [3.05, 3.63) is 12.2 Å². The monoisotopic (exact) mass is 276 g/mol. The van der Waals surface area contributed by atoms with Crippen molar-refractivity contribution in [1.29, 1.82) is 0 Å². The molecule has 2 nitrogen and oxygen atoms in total. The number of allylic oxidation sites excluding steroid dienone is 1. The minimum atomic E-state index is -0.156. The Morgan fingerprint density at radius 3 is 2.53 bits per heavy atom. The minimum absolute atomic E-state index is 0.156. The smallest absolute Gasteiger partial charge is 0.168 e. The van der Waals surface area contributed by atoms with Gasteiger partial charge in [0.2, 0.25) is 0 Å². The number of halogens is 1. The first-order chi connectivity index (χ1) is 6.95. The van der Waals surface area contributed by atoms with Crippen molar-refractivity contribution in [1.82, 2.24) is 0 Å². The third-order valence-electron chi connectivity index (χ3n) is 2.57. The zero-order valence-corrected chi connectivity index (χ0v) is 11.6. The summed E-state index contributed by atoms with van der Waals surface area (Å²) in [7, 11) is 0. The topological polar surface area (TPSA) is 18.5 Å². The molecule has 0 amide bonds. The standard InChI is InChI=1S/C12H21BrO2/c1-9(2)14-11(8-13)15-10-6-5-7-12(10,3)4/h5-6,9-11H,7-8H2,1-4H3. The summed E-state index contributed by atoms with van der Waals surface area (Å²) in [4.78, 5) is 0. The van der Waals surface area contributed by atoms with E-state index in [1.807, 2.05) is 13.8 Å². The Kier molecular flexibility index (Phi) is 4.81. The van der Waals surface area contributed by atoms with Crippen molar-refractivity contribution >= 4 is 15.9 Å². The molecule has 88 valence electrons. The normalized spacial score (nSPS) is 26.1. The molecule has 0 saturated carbocycles. The van der Waals surface area contributed by atoms with Crippen LogP contribution in [0.1, 0.15) is 34.1 Å². The van der Waals surface area contributed by atoms with Crippen molar-refractivity contribution in [2.24, 2.45) is 5.41 Å². The summed E-state index contributed by atoms with van der Waals surface area (Å²) in [5, 5.41) is 0.714. The highest BCUT2D eigenvalue weighted by Crippen LogP contribution is 2.35. The molecule has 0 radical (unpaired) electrons. The molecule has 0 spiro atoms. The van der Waals surface area contributed by atoms with Crippen LogP contribution in [-0.2, 0) is 9.47 Å². The lowest BCUT2D eigenvalue weighted by Gasteiger charge is -2.30. The van der Waals surface area contributed by atoms with E-state index in [4.69, 9.17) is 9.47 Å². The fourth-order valence-corrected chi connectivity index (χ4v) is 1.98. The van der Waals surface area contributed by atoms with Crippen LogP contribution < -0.4 is 0 Å². The van der Waals surface area contributed by atoms with Crippen LogP contribution in [-0.4, -0.2) is 23.8 Å². The third kappa shape index (κ3) is 3.89. The van der Waals surface area contributed by atoms with Crippen molar-refractivity contribution in [2.45, 2.75) is 52.6 Å². The predicted octanol–water partition coefficient (Wildman–Crippen LogP) is 3.50. The highest BCUT2D eigenvalue weighted by molar-refractivity contribution is 9.09. The zero-order valence-electron chi connectivity index (χ0n) is 10.00. The lowest BCUT2D eigenvalue weighted by molar-refractivity contribution is -0.180. The fourth-order valence-electron chi connectivity index (χ4n) is 1.67. The van der Waals surface area contributed by atoms with Gasteiger partial charge in [0.15, 0.2) is 6.29 Å². The quantitative estimate of drug-likeness (QED) is 0.435. The Morgan fingerprint density at radius 2 is 2.13 bits per heavy atom. The van der Waals surface area contributed by atoms with E-state index >= 15 is 0 Å². The van der Waals surface area contributed by atoms with Crippen LogP contribution in [0.25, 0.3) is 0 Å². The first-order valence-corrected chi connectivity index (χ1v) is 6.61. The number of hydrogen-bond donors (Lipinski definition) is 0. The fraction of sp³-hybridized carbons (Fsp3) is 0.833. The molecule has 2 unspecified atom stereocenters.